The molecule has 0 unspecified atom stereocenters. The number of nitriles is 1. The standard InChI is InChI=1S/C16H8ClN5S/c17-11-4-5-12-14(7-11)23-16(19-12)10-3-1-2-9(6-10)15-13(8-18)20-22-21-15/h1-7H,(H,20,21,22). The smallest absolute Gasteiger partial charge is 0.163 e. The van der Waals surface area contributed by atoms with Gasteiger partial charge in [0, 0.05) is 16.1 Å². The number of nitrogens with zero attached hydrogens (tertiary/aromatic N) is 4. The van der Waals surface area contributed by atoms with E-state index in [1.807, 2.05) is 42.5 Å². The number of rotatable bonds is 2. The molecule has 0 aliphatic rings. The predicted octanol–water partition coefficient (Wildman–Crippen LogP) is 4.27. The second-order valence-electron chi connectivity index (χ2n) is 4.86. The minimum atomic E-state index is 0.346. The summed E-state index contributed by atoms with van der Waals surface area (Å²) in [6.07, 6.45) is 0. The highest BCUT2D eigenvalue weighted by atomic mass is 35.5. The number of thiazole rings is 1. The van der Waals surface area contributed by atoms with E-state index in [0.29, 0.717) is 16.4 Å². The van der Waals surface area contributed by atoms with Crippen LogP contribution in [0.2, 0.25) is 5.02 Å². The summed E-state index contributed by atoms with van der Waals surface area (Å²) in [5.41, 5.74) is 3.59. The molecule has 5 nitrogen and oxygen atoms in total. The summed E-state index contributed by atoms with van der Waals surface area (Å²) in [5, 5.41) is 20.9. The fourth-order valence-electron chi connectivity index (χ4n) is 2.33. The van der Waals surface area contributed by atoms with Crippen LogP contribution in [0.5, 0.6) is 0 Å². The Bertz CT molecular complexity index is 1060. The van der Waals surface area contributed by atoms with E-state index in [2.05, 4.69) is 26.5 Å². The van der Waals surface area contributed by atoms with Gasteiger partial charge in [-0.05, 0) is 24.3 Å². The first kappa shape index (κ1) is 13.9. The Morgan fingerprint density at radius 2 is 2.00 bits per heavy atom. The summed E-state index contributed by atoms with van der Waals surface area (Å²) in [6, 6.07) is 15.5. The van der Waals surface area contributed by atoms with Gasteiger partial charge in [-0.25, -0.2) is 10.1 Å². The Hall–Kier alpha value is -2.75. The predicted molar refractivity (Wildman–Crippen MR) is 90.2 cm³/mol. The monoisotopic (exact) mass is 337 g/mol. The van der Waals surface area contributed by atoms with Crippen LogP contribution in [0.15, 0.2) is 42.5 Å². The normalized spacial score (nSPS) is 10.8. The molecule has 0 aliphatic heterocycles. The van der Waals surface area contributed by atoms with Gasteiger partial charge in [0.05, 0.1) is 10.2 Å². The van der Waals surface area contributed by atoms with Crippen molar-refractivity contribution in [1.29, 1.82) is 5.26 Å². The third kappa shape index (κ3) is 2.46. The first-order chi connectivity index (χ1) is 11.2. The number of hydrogen-bond acceptors (Lipinski definition) is 5. The van der Waals surface area contributed by atoms with E-state index in [1.165, 1.54) is 0 Å². The minimum Gasteiger partial charge on any atom is -0.247 e. The lowest BCUT2D eigenvalue weighted by molar-refractivity contribution is 0.937. The molecule has 2 aromatic heterocycles. The molecule has 0 amide bonds. The van der Waals surface area contributed by atoms with Gasteiger partial charge in [-0.15, -0.1) is 16.4 Å². The lowest BCUT2D eigenvalue weighted by Crippen LogP contribution is -1.84. The lowest BCUT2D eigenvalue weighted by atomic mass is 10.1. The zero-order valence-corrected chi connectivity index (χ0v) is 13.2. The molecule has 1 N–H and O–H groups in total. The zero-order valence-electron chi connectivity index (χ0n) is 11.6. The molecule has 4 rings (SSSR count). The molecule has 0 bridgehead atoms. The number of hydrogen-bond donors (Lipinski definition) is 1. The summed E-state index contributed by atoms with van der Waals surface area (Å²) in [5.74, 6) is 0. The van der Waals surface area contributed by atoms with Gasteiger partial charge in [0.1, 0.15) is 16.8 Å². The Balaban J connectivity index is 1.83. The molecule has 4 aromatic rings. The molecule has 0 fully saturated rings. The SMILES string of the molecule is N#Cc1[nH]nnc1-c1cccc(-c2nc3ccc(Cl)cc3s2)c1. The van der Waals surface area contributed by atoms with Gasteiger partial charge < -0.3 is 0 Å². The summed E-state index contributed by atoms with van der Waals surface area (Å²) in [4.78, 5) is 4.64. The van der Waals surface area contributed by atoms with Gasteiger partial charge in [-0.2, -0.15) is 5.26 Å². The fourth-order valence-corrected chi connectivity index (χ4v) is 3.57. The van der Waals surface area contributed by atoms with Gasteiger partial charge in [-0.3, -0.25) is 0 Å². The van der Waals surface area contributed by atoms with Crippen LogP contribution in [0.1, 0.15) is 5.69 Å². The number of nitrogens with one attached hydrogen (secondary N) is 1. The molecule has 0 atom stereocenters. The van der Waals surface area contributed by atoms with Crippen LogP contribution in [0, 0.1) is 11.3 Å². The first-order valence-corrected chi connectivity index (χ1v) is 7.92. The van der Waals surface area contributed by atoms with Crippen molar-refractivity contribution in [2.24, 2.45) is 0 Å². The Kier molecular flexibility index (Phi) is 3.30. The number of aromatic nitrogens is 4. The molecule has 0 saturated carbocycles. The van der Waals surface area contributed by atoms with Gasteiger partial charge in [0.25, 0.3) is 0 Å². The van der Waals surface area contributed by atoms with Crippen molar-refractivity contribution < 1.29 is 0 Å². The van der Waals surface area contributed by atoms with E-state index in [-0.39, 0.29) is 0 Å². The number of benzene rings is 2. The van der Waals surface area contributed by atoms with Gasteiger partial charge in [-0.1, -0.05) is 35.0 Å². The van der Waals surface area contributed by atoms with Crippen LogP contribution in [0.25, 0.3) is 32.0 Å². The maximum atomic E-state index is 9.09. The molecule has 0 radical (unpaired) electrons. The molecule has 2 heterocycles. The van der Waals surface area contributed by atoms with E-state index in [9.17, 15) is 0 Å². The second-order valence-corrected chi connectivity index (χ2v) is 6.33. The molecule has 2 aromatic carbocycles. The minimum absolute atomic E-state index is 0.346. The van der Waals surface area contributed by atoms with E-state index >= 15 is 0 Å². The molecular formula is C16H8ClN5S. The molecule has 0 saturated heterocycles. The number of fused-ring (bicyclic) bond motifs is 1. The highest BCUT2D eigenvalue weighted by Crippen LogP contribution is 2.33. The topological polar surface area (TPSA) is 78.2 Å². The summed E-state index contributed by atoms with van der Waals surface area (Å²) in [6.45, 7) is 0. The van der Waals surface area contributed by atoms with Crippen molar-refractivity contribution in [2.75, 3.05) is 0 Å². The van der Waals surface area contributed by atoms with Crippen LogP contribution in [0.4, 0.5) is 0 Å². The molecule has 110 valence electrons. The first-order valence-electron chi connectivity index (χ1n) is 6.72. The van der Waals surface area contributed by atoms with E-state index in [4.69, 9.17) is 16.9 Å². The summed E-state index contributed by atoms with van der Waals surface area (Å²) < 4.78 is 1.04. The largest absolute Gasteiger partial charge is 0.247 e. The maximum Gasteiger partial charge on any atom is 0.163 e. The van der Waals surface area contributed by atoms with E-state index < -0.39 is 0 Å². The van der Waals surface area contributed by atoms with Crippen molar-refractivity contribution in [3.63, 3.8) is 0 Å². The zero-order chi connectivity index (χ0) is 15.8. The Morgan fingerprint density at radius 1 is 1.13 bits per heavy atom. The highest BCUT2D eigenvalue weighted by molar-refractivity contribution is 7.21. The third-order valence-corrected chi connectivity index (χ3v) is 4.70. The van der Waals surface area contributed by atoms with Gasteiger partial charge in [0.2, 0.25) is 0 Å². The van der Waals surface area contributed by atoms with Crippen molar-refractivity contribution in [3.05, 3.63) is 53.2 Å². The Morgan fingerprint density at radius 3 is 2.87 bits per heavy atom. The van der Waals surface area contributed by atoms with Gasteiger partial charge >= 0.3 is 0 Å². The van der Waals surface area contributed by atoms with E-state index in [0.717, 1.165) is 26.4 Å². The van der Waals surface area contributed by atoms with Crippen LogP contribution in [0.3, 0.4) is 0 Å². The van der Waals surface area contributed by atoms with Gasteiger partial charge in [0.15, 0.2) is 5.69 Å². The molecule has 0 aliphatic carbocycles. The average Bonchev–Trinajstić information content (AvgIpc) is 3.21. The second kappa shape index (κ2) is 5.47. The number of H-pyrrole nitrogens is 1. The van der Waals surface area contributed by atoms with E-state index in [1.54, 1.807) is 11.3 Å². The molecular weight excluding hydrogens is 330 g/mol. The van der Waals surface area contributed by atoms with Crippen molar-refractivity contribution in [1.82, 2.24) is 20.4 Å². The lowest BCUT2D eigenvalue weighted by Gasteiger charge is -2.00. The molecule has 23 heavy (non-hydrogen) atoms. The quantitative estimate of drug-likeness (QED) is 0.592. The molecule has 7 heteroatoms. The average molecular weight is 338 g/mol. The summed E-state index contributed by atoms with van der Waals surface area (Å²) in [7, 11) is 0. The van der Waals surface area contributed by atoms with Crippen molar-refractivity contribution in [2.45, 2.75) is 0 Å². The van der Waals surface area contributed by atoms with Crippen LogP contribution >= 0.6 is 22.9 Å². The number of halogens is 1. The van der Waals surface area contributed by atoms with Crippen LogP contribution in [-0.2, 0) is 0 Å². The van der Waals surface area contributed by atoms with Crippen molar-refractivity contribution >= 4 is 33.2 Å². The Labute approximate surface area is 140 Å². The number of aromatic amines is 1. The van der Waals surface area contributed by atoms with Crippen LogP contribution in [-0.4, -0.2) is 20.4 Å². The summed E-state index contributed by atoms with van der Waals surface area (Å²) >= 11 is 7.61. The maximum absolute atomic E-state index is 9.09. The third-order valence-electron chi connectivity index (χ3n) is 3.39. The molecule has 0 spiro atoms. The fraction of sp³-hybridized carbons (Fsp3) is 0. The van der Waals surface area contributed by atoms with Crippen LogP contribution < -0.4 is 0 Å². The van der Waals surface area contributed by atoms with Crippen molar-refractivity contribution in [3.8, 4) is 27.9 Å². The highest BCUT2D eigenvalue weighted by Gasteiger charge is 2.12.